The first-order valence-corrected chi connectivity index (χ1v) is 7.30. The second-order valence-corrected chi connectivity index (χ2v) is 5.85. The molecular formula is C16H22FN. The van der Waals surface area contributed by atoms with Crippen LogP contribution in [0.2, 0.25) is 0 Å². The van der Waals surface area contributed by atoms with E-state index in [1.807, 2.05) is 12.1 Å². The van der Waals surface area contributed by atoms with Crippen molar-refractivity contribution in [2.75, 3.05) is 0 Å². The molecule has 18 heavy (non-hydrogen) atoms. The van der Waals surface area contributed by atoms with E-state index in [-0.39, 0.29) is 11.9 Å². The predicted molar refractivity (Wildman–Crippen MR) is 71.8 cm³/mol. The summed E-state index contributed by atoms with van der Waals surface area (Å²) in [5.74, 6) is 1.65. The minimum Gasteiger partial charge on any atom is -0.307 e. The summed E-state index contributed by atoms with van der Waals surface area (Å²) >= 11 is 0. The zero-order valence-corrected chi connectivity index (χ0v) is 11.0. The number of halogens is 1. The fourth-order valence-corrected chi connectivity index (χ4v) is 2.99. The van der Waals surface area contributed by atoms with Gasteiger partial charge in [-0.05, 0) is 50.0 Å². The topological polar surface area (TPSA) is 12.0 Å². The SMILES string of the molecule is CCC(NC(C1CC1)C1CC1)c1ccccc1F. The highest BCUT2D eigenvalue weighted by atomic mass is 19.1. The predicted octanol–water partition coefficient (Wildman–Crippen LogP) is 4.06. The van der Waals surface area contributed by atoms with Crippen LogP contribution >= 0.6 is 0 Å². The maximum Gasteiger partial charge on any atom is 0.127 e. The lowest BCUT2D eigenvalue weighted by atomic mass is 9.99. The average Bonchev–Trinajstić information content (AvgIpc) is 3.26. The van der Waals surface area contributed by atoms with Gasteiger partial charge in [-0.15, -0.1) is 0 Å². The van der Waals surface area contributed by atoms with Crippen molar-refractivity contribution >= 4 is 0 Å². The van der Waals surface area contributed by atoms with Crippen LogP contribution in [0.1, 0.15) is 50.6 Å². The van der Waals surface area contributed by atoms with Crippen molar-refractivity contribution in [1.82, 2.24) is 5.32 Å². The Morgan fingerprint density at radius 2 is 1.78 bits per heavy atom. The van der Waals surface area contributed by atoms with Crippen molar-refractivity contribution in [2.24, 2.45) is 11.8 Å². The van der Waals surface area contributed by atoms with Gasteiger partial charge in [-0.2, -0.15) is 0 Å². The van der Waals surface area contributed by atoms with Gasteiger partial charge in [-0.1, -0.05) is 25.1 Å². The Morgan fingerprint density at radius 3 is 2.28 bits per heavy atom. The van der Waals surface area contributed by atoms with Crippen LogP contribution in [0.15, 0.2) is 24.3 Å². The van der Waals surface area contributed by atoms with Gasteiger partial charge in [-0.3, -0.25) is 0 Å². The smallest absolute Gasteiger partial charge is 0.127 e. The number of nitrogens with one attached hydrogen (secondary N) is 1. The molecule has 3 rings (SSSR count). The molecule has 1 nitrogen and oxygen atoms in total. The van der Waals surface area contributed by atoms with Crippen molar-refractivity contribution in [1.29, 1.82) is 0 Å². The molecule has 0 aliphatic heterocycles. The highest BCUT2D eigenvalue weighted by Gasteiger charge is 2.42. The van der Waals surface area contributed by atoms with Gasteiger partial charge in [0.05, 0.1) is 0 Å². The standard InChI is InChI=1S/C16H22FN/c1-2-15(13-5-3-4-6-14(13)17)18-16(11-7-8-11)12-9-10-12/h3-6,11-12,15-16,18H,2,7-10H2,1H3. The highest BCUT2D eigenvalue weighted by Crippen LogP contribution is 2.45. The van der Waals surface area contributed by atoms with Gasteiger partial charge in [0.25, 0.3) is 0 Å². The summed E-state index contributed by atoms with van der Waals surface area (Å²) < 4.78 is 13.9. The molecule has 2 fully saturated rings. The summed E-state index contributed by atoms with van der Waals surface area (Å²) in [4.78, 5) is 0. The molecule has 1 aromatic carbocycles. The zero-order chi connectivity index (χ0) is 12.5. The Bertz CT molecular complexity index is 397. The number of benzene rings is 1. The van der Waals surface area contributed by atoms with Gasteiger partial charge in [0.2, 0.25) is 0 Å². The Labute approximate surface area is 109 Å². The van der Waals surface area contributed by atoms with Gasteiger partial charge >= 0.3 is 0 Å². The molecule has 0 bridgehead atoms. The van der Waals surface area contributed by atoms with Crippen molar-refractivity contribution < 1.29 is 4.39 Å². The van der Waals surface area contributed by atoms with Crippen LogP contribution in [0.4, 0.5) is 4.39 Å². The lowest BCUT2D eigenvalue weighted by molar-refractivity contribution is 0.353. The first kappa shape index (κ1) is 12.2. The number of hydrogen-bond donors (Lipinski definition) is 1. The fraction of sp³-hybridized carbons (Fsp3) is 0.625. The summed E-state index contributed by atoms with van der Waals surface area (Å²) in [7, 11) is 0. The van der Waals surface area contributed by atoms with Crippen LogP contribution in [-0.2, 0) is 0 Å². The molecule has 2 aliphatic carbocycles. The molecular weight excluding hydrogens is 225 g/mol. The third-order valence-corrected chi connectivity index (χ3v) is 4.34. The molecule has 0 aromatic heterocycles. The van der Waals surface area contributed by atoms with Crippen LogP contribution in [0.25, 0.3) is 0 Å². The monoisotopic (exact) mass is 247 g/mol. The largest absolute Gasteiger partial charge is 0.307 e. The van der Waals surface area contributed by atoms with Gasteiger partial charge < -0.3 is 5.32 Å². The molecule has 1 unspecified atom stereocenters. The van der Waals surface area contributed by atoms with E-state index in [1.165, 1.54) is 25.7 Å². The first-order valence-electron chi connectivity index (χ1n) is 7.30. The summed E-state index contributed by atoms with van der Waals surface area (Å²) in [6.45, 7) is 2.14. The Hall–Kier alpha value is -0.890. The van der Waals surface area contributed by atoms with Gasteiger partial charge in [0.1, 0.15) is 5.82 Å². The zero-order valence-electron chi connectivity index (χ0n) is 11.0. The molecule has 0 amide bonds. The lowest BCUT2D eigenvalue weighted by Gasteiger charge is -2.25. The van der Waals surface area contributed by atoms with Gasteiger partial charge in [0.15, 0.2) is 0 Å². The van der Waals surface area contributed by atoms with E-state index in [0.29, 0.717) is 6.04 Å². The first-order chi connectivity index (χ1) is 8.79. The lowest BCUT2D eigenvalue weighted by Crippen LogP contribution is -2.36. The summed E-state index contributed by atoms with van der Waals surface area (Å²) in [6.07, 6.45) is 6.41. The molecule has 0 saturated heterocycles. The van der Waals surface area contributed by atoms with E-state index < -0.39 is 0 Å². The van der Waals surface area contributed by atoms with Crippen LogP contribution in [-0.4, -0.2) is 6.04 Å². The Morgan fingerprint density at radius 1 is 1.17 bits per heavy atom. The minimum atomic E-state index is -0.0674. The summed E-state index contributed by atoms with van der Waals surface area (Å²) in [6, 6.07) is 8.01. The molecule has 2 heteroatoms. The Balaban J connectivity index is 1.73. The molecule has 0 radical (unpaired) electrons. The van der Waals surface area contributed by atoms with Crippen LogP contribution < -0.4 is 5.32 Å². The quantitative estimate of drug-likeness (QED) is 0.799. The molecule has 0 heterocycles. The van der Waals surface area contributed by atoms with E-state index in [0.717, 1.165) is 23.8 Å². The van der Waals surface area contributed by atoms with E-state index >= 15 is 0 Å². The number of hydrogen-bond acceptors (Lipinski definition) is 1. The Kier molecular flexibility index (Phi) is 3.38. The average molecular weight is 247 g/mol. The van der Waals surface area contributed by atoms with Crippen LogP contribution in [0.3, 0.4) is 0 Å². The van der Waals surface area contributed by atoms with E-state index in [1.54, 1.807) is 12.1 Å². The third-order valence-electron chi connectivity index (χ3n) is 4.34. The maximum atomic E-state index is 13.9. The van der Waals surface area contributed by atoms with E-state index in [2.05, 4.69) is 12.2 Å². The van der Waals surface area contributed by atoms with Crippen molar-refractivity contribution in [3.63, 3.8) is 0 Å². The van der Waals surface area contributed by atoms with Crippen LogP contribution in [0, 0.1) is 17.7 Å². The van der Waals surface area contributed by atoms with Crippen LogP contribution in [0.5, 0.6) is 0 Å². The second kappa shape index (κ2) is 5.00. The van der Waals surface area contributed by atoms with Crippen molar-refractivity contribution in [3.8, 4) is 0 Å². The highest BCUT2D eigenvalue weighted by molar-refractivity contribution is 5.21. The second-order valence-electron chi connectivity index (χ2n) is 5.85. The fourth-order valence-electron chi connectivity index (χ4n) is 2.99. The maximum absolute atomic E-state index is 13.9. The van der Waals surface area contributed by atoms with Gasteiger partial charge in [-0.25, -0.2) is 4.39 Å². The molecule has 2 saturated carbocycles. The third kappa shape index (κ3) is 2.59. The molecule has 2 aliphatic rings. The summed E-state index contributed by atoms with van der Waals surface area (Å²) in [5.41, 5.74) is 0.839. The molecule has 1 atom stereocenters. The molecule has 1 N–H and O–H groups in total. The molecule has 0 spiro atoms. The number of rotatable bonds is 6. The molecule has 98 valence electrons. The van der Waals surface area contributed by atoms with Gasteiger partial charge in [0, 0.05) is 17.6 Å². The summed E-state index contributed by atoms with van der Waals surface area (Å²) in [5, 5.41) is 3.74. The van der Waals surface area contributed by atoms with Crippen molar-refractivity contribution in [2.45, 2.75) is 51.1 Å². The molecule has 1 aromatic rings. The van der Waals surface area contributed by atoms with E-state index in [4.69, 9.17) is 0 Å². The van der Waals surface area contributed by atoms with Crippen molar-refractivity contribution in [3.05, 3.63) is 35.6 Å². The van der Waals surface area contributed by atoms with E-state index in [9.17, 15) is 4.39 Å². The normalized spacial score (nSPS) is 21.3. The minimum absolute atomic E-state index is 0.0674.